The van der Waals surface area contributed by atoms with Crippen LogP contribution in [0.5, 0.6) is 5.75 Å². The lowest BCUT2D eigenvalue weighted by Crippen LogP contribution is -2.24. The standard InChI is InChI=1S/C19H22N2O3/c1-24-17-7-3-5-14(9-17)18-10-16(22)12-21(18)11-13-4-2-6-15(8-13)19(20)23/h2-9,16,18,22H,10-12H2,1H3,(H2,20,23)/t16-,18-/m0/s1. The summed E-state index contributed by atoms with van der Waals surface area (Å²) in [7, 11) is 1.65. The highest BCUT2D eigenvalue weighted by Gasteiger charge is 2.32. The van der Waals surface area contributed by atoms with Gasteiger partial charge in [0.1, 0.15) is 5.75 Å². The molecule has 0 saturated carbocycles. The number of nitrogens with zero attached hydrogens (tertiary/aromatic N) is 1. The molecule has 3 rings (SSSR count). The van der Waals surface area contributed by atoms with E-state index in [1.165, 1.54) is 0 Å². The summed E-state index contributed by atoms with van der Waals surface area (Å²) in [5.41, 5.74) is 7.99. The van der Waals surface area contributed by atoms with Gasteiger partial charge in [0, 0.05) is 24.7 Å². The lowest BCUT2D eigenvalue weighted by atomic mass is 10.0. The molecule has 0 aromatic heterocycles. The van der Waals surface area contributed by atoms with Gasteiger partial charge in [-0.05, 0) is 41.8 Å². The maximum Gasteiger partial charge on any atom is 0.248 e. The van der Waals surface area contributed by atoms with Crippen LogP contribution in [0.4, 0.5) is 0 Å². The minimum atomic E-state index is -0.428. The molecule has 24 heavy (non-hydrogen) atoms. The summed E-state index contributed by atoms with van der Waals surface area (Å²) in [5.74, 6) is 0.382. The van der Waals surface area contributed by atoms with Crippen molar-refractivity contribution in [2.75, 3.05) is 13.7 Å². The SMILES string of the molecule is COc1cccc([C@@H]2C[C@H](O)CN2Cc2cccc(C(N)=O)c2)c1. The largest absolute Gasteiger partial charge is 0.497 e. The van der Waals surface area contributed by atoms with E-state index in [9.17, 15) is 9.90 Å². The topological polar surface area (TPSA) is 75.8 Å². The third-order valence-corrected chi connectivity index (χ3v) is 4.46. The predicted octanol–water partition coefficient (Wildman–Crippen LogP) is 2.10. The van der Waals surface area contributed by atoms with Crippen molar-refractivity contribution in [3.8, 4) is 5.75 Å². The number of nitrogens with two attached hydrogens (primary N) is 1. The molecule has 1 saturated heterocycles. The summed E-state index contributed by atoms with van der Waals surface area (Å²) in [6, 6.07) is 15.4. The molecule has 0 unspecified atom stereocenters. The molecule has 1 aliphatic heterocycles. The first-order valence-corrected chi connectivity index (χ1v) is 8.01. The van der Waals surface area contributed by atoms with Crippen molar-refractivity contribution in [2.45, 2.75) is 25.1 Å². The molecule has 0 radical (unpaired) electrons. The fourth-order valence-electron chi connectivity index (χ4n) is 3.31. The first kappa shape index (κ1) is 16.5. The minimum Gasteiger partial charge on any atom is -0.497 e. The van der Waals surface area contributed by atoms with Crippen LogP contribution in [0.1, 0.15) is 33.9 Å². The molecular weight excluding hydrogens is 304 g/mol. The molecule has 5 nitrogen and oxygen atoms in total. The van der Waals surface area contributed by atoms with Crippen molar-refractivity contribution >= 4 is 5.91 Å². The summed E-state index contributed by atoms with van der Waals surface area (Å²) in [5, 5.41) is 10.1. The zero-order valence-electron chi connectivity index (χ0n) is 13.7. The van der Waals surface area contributed by atoms with Crippen molar-refractivity contribution in [3.63, 3.8) is 0 Å². The van der Waals surface area contributed by atoms with Gasteiger partial charge in [0.15, 0.2) is 0 Å². The van der Waals surface area contributed by atoms with E-state index in [0.29, 0.717) is 25.1 Å². The van der Waals surface area contributed by atoms with Gasteiger partial charge in [-0.25, -0.2) is 0 Å². The molecule has 1 aliphatic rings. The quantitative estimate of drug-likeness (QED) is 0.882. The maximum absolute atomic E-state index is 11.4. The fraction of sp³-hybridized carbons (Fsp3) is 0.316. The summed E-state index contributed by atoms with van der Waals surface area (Å²) in [4.78, 5) is 13.6. The second-order valence-electron chi connectivity index (χ2n) is 6.18. The van der Waals surface area contributed by atoms with Crippen LogP contribution in [0.15, 0.2) is 48.5 Å². The Hall–Kier alpha value is -2.37. The van der Waals surface area contributed by atoms with Crippen molar-refractivity contribution in [2.24, 2.45) is 5.73 Å². The number of primary amides is 1. The fourth-order valence-corrected chi connectivity index (χ4v) is 3.31. The number of aliphatic hydroxyl groups excluding tert-OH is 1. The molecule has 0 bridgehead atoms. The number of rotatable bonds is 5. The number of amides is 1. The molecular formula is C19H22N2O3. The zero-order valence-corrected chi connectivity index (χ0v) is 13.7. The Labute approximate surface area is 141 Å². The third-order valence-electron chi connectivity index (χ3n) is 4.46. The molecule has 3 N–H and O–H groups in total. The Bertz CT molecular complexity index is 732. The van der Waals surface area contributed by atoms with Gasteiger partial charge >= 0.3 is 0 Å². The monoisotopic (exact) mass is 326 g/mol. The molecule has 1 fully saturated rings. The van der Waals surface area contributed by atoms with Crippen molar-refractivity contribution in [1.82, 2.24) is 4.90 Å². The summed E-state index contributed by atoms with van der Waals surface area (Å²) < 4.78 is 5.30. The molecule has 1 heterocycles. The lowest BCUT2D eigenvalue weighted by Gasteiger charge is -2.25. The Morgan fingerprint density at radius 3 is 2.83 bits per heavy atom. The van der Waals surface area contributed by atoms with E-state index in [1.54, 1.807) is 13.2 Å². The van der Waals surface area contributed by atoms with Crippen LogP contribution in [-0.2, 0) is 6.54 Å². The first-order chi connectivity index (χ1) is 11.6. The van der Waals surface area contributed by atoms with Crippen molar-refractivity contribution in [3.05, 3.63) is 65.2 Å². The van der Waals surface area contributed by atoms with E-state index in [0.717, 1.165) is 16.9 Å². The second-order valence-corrected chi connectivity index (χ2v) is 6.18. The van der Waals surface area contributed by atoms with Crippen molar-refractivity contribution in [1.29, 1.82) is 0 Å². The van der Waals surface area contributed by atoms with Gasteiger partial charge in [0.2, 0.25) is 5.91 Å². The summed E-state index contributed by atoms with van der Waals surface area (Å²) in [6.45, 7) is 1.25. The van der Waals surface area contributed by atoms with Gasteiger partial charge in [0.25, 0.3) is 0 Å². The Kier molecular flexibility index (Phi) is 4.83. The second kappa shape index (κ2) is 7.03. The number of carbonyl (C=O) groups is 1. The number of methoxy groups -OCH3 is 1. The van der Waals surface area contributed by atoms with E-state index in [2.05, 4.69) is 11.0 Å². The Morgan fingerprint density at radius 2 is 2.08 bits per heavy atom. The molecule has 2 aromatic rings. The number of carbonyl (C=O) groups excluding carboxylic acids is 1. The lowest BCUT2D eigenvalue weighted by molar-refractivity contribution is 0.1000. The zero-order chi connectivity index (χ0) is 17.1. The molecule has 2 atom stereocenters. The van der Waals surface area contributed by atoms with E-state index >= 15 is 0 Å². The normalized spacial score (nSPS) is 20.9. The van der Waals surface area contributed by atoms with Gasteiger partial charge in [0.05, 0.1) is 13.2 Å². The molecule has 1 amide bonds. The van der Waals surface area contributed by atoms with Gasteiger partial charge in [-0.15, -0.1) is 0 Å². The van der Waals surface area contributed by atoms with Crippen LogP contribution in [0, 0.1) is 0 Å². The number of likely N-dealkylation sites (tertiary alicyclic amines) is 1. The van der Waals surface area contributed by atoms with E-state index in [4.69, 9.17) is 10.5 Å². The highest BCUT2D eigenvalue weighted by atomic mass is 16.5. The van der Waals surface area contributed by atoms with E-state index in [-0.39, 0.29) is 12.1 Å². The van der Waals surface area contributed by atoms with Crippen LogP contribution >= 0.6 is 0 Å². The van der Waals surface area contributed by atoms with Crippen LogP contribution in [0.25, 0.3) is 0 Å². The smallest absolute Gasteiger partial charge is 0.248 e. The minimum absolute atomic E-state index is 0.118. The van der Waals surface area contributed by atoms with Crippen LogP contribution < -0.4 is 10.5 Å². The number of ether oxygens (including phenoxy) is 1. The molecule has 0 aliphatic carbocycles. The number of aliphatic hydroxyl groups is 1. The Balaban J connectivity index is 1.83. The van der Waals surface area contributed by atoms with E-state index in [1.807, 2.05) is 36.4 Å². The van der Waals surface area contributed by atoms with Crippen LogP contribution in [0.3, 0.4) is 0 Å². The number of hydrogen-bond acceptors (Lipinski definition) is 4. The number of benzene rings is 2. The van der Waals surface area contributed by atoms with Gasteiger partial charge < -0.3 is 15.6 Å². The first-order valence-electron chi connectivity index (χ1n) is 8.01. The van der Waals surface area contributed by atoms with Crippen LogP contribution in [-0.4, -0.2) is 35.7 Å². The van der Waals surface area contributed by atoms with E-state index < -0.39 is 5.91 Å². The maximum atomic E-state index is 11.4. The summed E-state index contributed by atoms with van der Waals surface area (Å²) in [6.07, 6.45) is 0.323. The number of hydrogen-bond donors (Lipinski definition) is 2. The van der Waals surface area contributed by atoms with Crippen LogP contribution in [0.2, 0.25) is 0 Å². The molecule has 2 aromatic carbocycles. The van der Waals surface area contributed by atoms with Gasteiger partial charge in [-0.2, -0.15) is 0 Å². The van der Waals surface area contributed by atoms with Gasteiger partial charge in [-0.3, -0.25) is 9.69 Å². The highest BCUT2D eigenvalue weighted by molar-refractivity contribution is 5.92. The Morgan fingerprint density at radius 1 is 1.29 bits per heavy atom. The molecule has 126 valence electrons. The number of β-amino-alcohol motifs (C(OH)–C–C–N with tert-alkyl or cyclic N) is 1. The third kappa shape index (κ3) is 3.58. The average molecular weight is 326 g/mol. The predicted molar refractivity (Wildman–Crippen MR) is 91.7 cm³/mol. The average Bonchev–Trinajstić information content (AvgIpc) is 2.95. The highest BCUT2D eigenvalue weighted by Crippen LogP contribution is 2.34. The molecule has 0 spiro atoms. The molecule has 5 heteroatoms. The summed E-state index contributed by atoms with van der Waals surface area (Å²) >= 11 is 0. The van der Waals surface area contributed by atoms with Crippen molar-refractivity contribution < 1.29 is 14.6 Å². The van der Waals surface area contributed by atoms with Gasteiger partial charge in [-0.1, -0.05) is 24.3 Å².